The van der Waals surface area contributed by atoms with Crippen LogP contribution in [0.2, 0.25) is 39.3 Å². The molecule has 0 aliphatic carbocycles. The summed E-state index contributed by atoms with van der Waals surface area (Å²) in [5.41, 5.74) is 9.01. The molecular weight excluding hydrogens is 1030 g/mol. The van der Waals surface area contributed by atoms with Crippen LogP contribution < -0.4 is 10.4 Å². The Morgan fingerprint density at radius 1 is 0.606 bits per heavy atom. The SMILES string of the molecule is [2H]C([2H])([2H])c1cnc(-c2[c-]cccc2)cc1-c1c(C(C)C)cc(-c2ccc([Si](C)(C)C)cc2)cc1C(C)C.[2H]C([2H])(c1ccc(-c2cc[c-]c(-c3ccc([Si](C)(C)C)cn3)c2)cc1)C(C)(C)C(F)(F)F.[Ir]. The van der Waals surface area contributed by atoms with Gasteiger partial charge in [0.2, 0.25) is 0 Å². The van der Waals surface area contributed by atoms with E-state index in [2.05, 4.69) is 132 Å². The number of benzene rings is 5. The molecule has 0 saturated heterocycles. The molecule has 0 unspecified atom stereocenters. The number of aromatic nitrogens is 2. The summed E-state index contributed by atoms with van der Waals surface area (Å²) in [5.74, 6) is 0.404. The summed E-state index contributed by atoms with van der Waals surface area (Å²) in [6.45, 7) is 22.1. The van der Waals surface area contributed by atoms with E-state index in [9.17, 15) is 13.2 Å². The molecule has 1 radical (unpaired) electrons. The van der Waals surface area contributed by atoms with Crippen LogP contribution in [0.25, 0.3) is 55.9 Å². The summed E-state index contributed by atoms with van der Waals surface area (Å²) in [6, 6.07) is 45.4. The van der Waals surface area contributed by atoms with Crippen LogP contribution >= 0.6 is 0 Å². The maximum Gasteiger partial charge on any atom is 0.394 e. The van der Waals surface area contributed by atoms with Gasteiger partial charge in [0.15, 0.2) is 0 Å². The van der Waals surface area contributed by atoms with Gasteiger partial charge in [0.1, 0.15) is 0 Å². The molecule has 0 bridgehead atoms. The third kappa shape index (κ3) is 12.6. The number of rotatable bonds is 11. The van der Waals surface area contributed by atoms with Gasteiger partial charge in [-0.3, -0.25) is 0 Å². The predicted octanol–water partition coefficient (Wildman–Crippen LogP) is 15.9. The van der Waals surface area contributed by atoms with E-state index in [1.807, 2.05) is 54.7 Å². The van der Waals surface area contributed by atoms with Gasteiger partial charge in [-0.15, -0.1) is 71.3 Å². The van der Waals surface area contributed by atoms with Crippen molar-refractivity contribution in [3.8, 4) is 55.9 Å². The number of hydrogen-bond donors (Lipinski definition) is 0. The Bertz CT molecular complexity index is 2880. The second-order valence-electron chi connectivity index (χ2n) is 20.1. The van der Waals surface area contributed by atoms with Crippen molar-refractivity contribution in [2.24, 2.45) is 5.41 Å². The molecule has 0 amide bonds. The molecule has 0 saturated carbocycles. The normalized spacial score (nSPS) is 13.7. The van der Waals surface area contributed by atoms with Crippen LogP contribution in [-0.4, -0.2) is 32.3 Å². The number of halogens is 3. The zero-order valence-electron chi connectivity index (χ0n) is 45.2. The van der Waals surface area contributed by atoms with Gasteiger partial charge in [0.05, 0.1) is 21.6 Å². The number of hydrogen-bond acceptors (Lipinski definition) is 2. The van der Waals surface area contributed by atoms with E-state index in [0.29, 0.717) is 0 Å². The van der Waals surface area contributed by atoms with Crippen molar-refractivity contribution >= 4 is 26.5 Å². The van der Waals surface area contributed by atoms with Crippen LogP contribution in [-0.2, 0) is 26.5 Å². The second-order valence-corrected chi connectivity index (χ2v) is 30.2. The van der Waals surface area contributed by atoms with E-state index >= 15 is 0 Å². The van der Waals surface area contributed by atoms with E-state index in [-0.39, 0.29) is 43.1 Å². The zero-order valence-corrected chi connectivity index (χ0v) is 44.6. The van der Waals surface area contributed by atoms with Crippen LogP contribution in [0.4, 0.5) is 13.2 Å². The van der Waals surface area contributed by atoms with Gasteiger partial charge < -0.3 is 9.97 Å². The molecule has 8 heteroatoms. The minimum atomic E-state index is -4.67. The van der Waals surface area contributed by atoms with Crippen molar-refractivity contribution in [2.75, 3.05) is 0 Å². The van der Waals surface area contributed by atoms with Crippen molar-refractivity contribution in [1.82, 2.24) is 9.97 Å². The molecule has 2 nitrogen and oxygen atoms in total. The fourth-order valence-corrected chi connectivity index (χ4v) is 9.77. The van der Waals surface area contributed by atoms with E-state index in [1.54, 1.807) is 18.2 Å². The van der Waals surface area contributed by atoms with Crippen molar-refractivity contribution in [1.29, 1.82) is 0 Å². The van der Waals surface area contributed by atoms with Crippen molar-refractivity contribution in [3.05, 3.63) is 168 Å². The van der Waals surface area contributed by atoms with Crippen molar-refractivity contribution < 1.29 is 40.1 Å². The van der Waals surface area contributed by atoms with Crippen LogP contribution in [0.15, 0.2) is 134 Å². The summed E-state index contributed by atoms with van der Waals surface area (Å²) in [5, 5.41) is 2.71. The quantitative estimate of drug-likeness (QED) is 0.0953. The van der Waals surface area contributed by atoms with Crippen LogP contribution in [0.1, 0.15) is 82.5 Å². The van der Waals surface area contributed by atoms with Crippen LogP contribution in [0.3, 0.4) is 0 Å². The molecule has 7 rings (SSSR count). The molecule has 0 aliphatic rings. The zero-order chi connectivity index (χ0) is 51.8. The second kappa shape index (κ2) is 21.1. The fraction of sp³-hybridized carbons (Fsp3) is 0.310. The average molecular weight is 1100 g/mol. The maximum atomic E-state index is 13.4. The molecule has 66 heavy (non-hydrogen) atoms. The van der Waals surface area contributed by atoms with Gasteiger partial charge in [-0.05, 0) is 91.7 Å². The summed E-state index contributed by atoms with van der Waals surface area (Å²) in [6.07, 6.45) is -3.78. The van der Waals surface area contributed by atoms with Crippen LogP contribution in [0.5, 0.6) is 0 Å². The van der Waals surface area contributed by atoms with Gasteiger partial charge in [0.25, 0.3) is 0 Å². The molecule has 347 valence electrons. The number of pyridine rings is 2. The first kappa shape index (κ1) is 45.1. The monoisotopic (exact) mass is 1100 g/mol. The molecule has 2 aromatic heterocycles. The van der Waals surface area contributed by atoms with Crippen LogP contribution in [0, 0.1) is 24.4 Å². The Hall–Kier alpha value is -4.73. The molecule has 0 spiro atoms. The Morgan fingerprint density at radius 2 is 1.17 bits per heavy atom. The van der Waals surface area contributed by atoms with E-state index in [4.69, 9.17) is 6.85 Å². The average Bonchev–Trinajstić information content (AvgIpc) is 3.30. The third-order valence-corrected chi connectivity index (χ3v) is 15.9. The Morgan fingerprint density at radius 3 is 1.68 bits per heavy atom. The van der Waals surface area contributed by atoms with Gasteiger partial charge in [-0.1, -0.05) is 165 Å². The predicted molar refractivity (Wildman–Crippen MR) is 276 cm³/mol. The van der Waals surface area contributed by atoms with Crippen molar-refractivity contribution in [2.45, 2.75) is 112 Å². The molecule has 0 atom stereocenters. The van der Waals surface area contributed by atoms with Gasteiger partial charge in [0, 0.05) is 39.4 Å². The summed E-state index contributed by atoms with van der Waals surface area (Å²) < 4.78 is 81.5. The smallest absolute Gasteiger partial charge is 0.305 e. The maximum absolute atomic E-state index is 13.4. The molecule has 2 heterocycles. The molecule has 0 aliphatic heterocycles. The molecule has 7 aromatic rings. The fourth-order valence-electron chi connectivity index (χ4n) is 7.57. The Kier molecular flexibility index (Phi) is 14.4. The molecule has 5 aromatic carbocycles. The molecule has 0 N–H and O–H groups in total. The van der Waals surface area contributed by atoms with E-state index < -0.39 is 41.0 Å². The minimum absolute atomic E-state index is 0. The van der Waals surface area contributed by atoms with E-state index in [0.717, 1.165) is 69.7 Å². The summed E-state index contributed by atoms with van der Waals surface area (Å²) in [4.78, 5) is 9.15. The first-order valence-electron chi connectivity index (χ1n) is 24.8. The largest absolute Gasteiger partial charge is 0.394 e. The van der Waals surface area contributed by atoms with Crippen molar-refractivity contribution in [3.63, 3.8) is 0 Å². The topological polar surface area (TPSA) is 25.8 Å². The standard InChI is InChI=1S/C33H38NSi.C25H27F3NSi.Ir/c1-22(2)29-18-27(25-14-16-28(17-15-25)35(6,7)8)19-30(23(3)4)33(29)31-20-32(34-21-24(31)5)26-12-10-9-11-13-26;1-24(2,25(26,27)28)16-18-9-11-19(12-10-18)20-7-6-8-21(15-20)23-14-13-22(17-29-23)30(3,4)5;/h9-12,14-23H,1-8H3;6-7,9-15,17H,16H2,1-5H3;/q2*-1;/i5D3;16D2;. The Labute approximate surface area is 416 Å². The summed E-state index contributed by atoms with van der Waals surface area (Å²) >= 11 is 0. The number of alkyl halides is 3. The van der Waals surface area contributed by atoms with Gasteiger partial charge >= 0.3 is 6.18 Å². The minimum Gasteiger partial charge on any atom is -0.305 e. The molecule has 0 fully saturated rings. The number of nitrogens with zero attached hydrogens (tertiary/aromatic N) is 2. The first-order valence-corrected chi connectivity index (χ1v) is 29.3. The number of aryl methyl sites for hydroxylation is 1. The molecular formula is C58H65F3IrN2Si2-2. The van der Waals surface area contributed by atoms with Gasteiger partial charge in [-0.2, -0.15) is 13.2 Å². The van der Waals surface area contributed by atoms with E-state index in [1.165, 1.54) is 39.8 Å². The summed E-state index contributed by atoms with van der Waals surface area (Å²) in [7, 11) is -2.83. The first-order chi connectivity index (χ1) is 32.4. The third-order valence-electron chi connectivity index (χ3n) is 11.8. The Balaban J connectivity index is 0.000000264. The van der Waals surface area contributed by atoms with Gasteiger partial charge in [-0.25, -0.2) is 0 Å².